The van der Waals surface area contributed by atoms with Crippen LogP contribution >= 0.6 is 11.8 Å². The summed E-state index contributed by atoms with van der Waals surface area (Å²) in [5.74, 6) is 1.82. The van der Waals surface area contributed by atoms with Crippen LogP contribution in [0, 0.1) is 5.92 Å². The third-order valence-electron chi connectivity index (χ3n) is 2.51. The molecule has 4 nitrogen and oxygen atoms in total. The van der Waals surface area contributed by atoms with Crippen molar-refractivity contribution in [2.45, 2.75) is 20.8 Å². The van der Waals surface area contributed by atoms with Crippen molar-refractivity contribution in [3.05, 3.63) is 30.6 Å². The molecule has 0 spiro atoms. The van der Waals surface area contributed by atoms with Gasteiger partial charge in [-0.25, -0.2) is 4.98 Å². The average Bonchev–Trinajstić information content (AvgIpc) is 2.43. The Bertz CT molecular complexity index is 578. The summed E-state index contributed by atoms with van der Waals surface area (Å²) in [5, 5.41) is 6.07. The Morgan fingerprint density at radius 3 is 2.84 bits per heavy atom. The molecule has 2 rings (SSSR count). The van der Waals surface area contributed by atoms with Crippen molar-refractivity contribution in [3.63, 3.8) is 0 Å². The van der Waals surface area contributed by atoms with Crippen molar-refractivity contribution in [1.29, 1.82) is 0 Å². The molecule has 19 heavy (non-hydrogen) atoms. The number of fused-ring (bicyclic) bond motifs is 1. The van der Waals surface area contributed by atoms with E-state index in [-0.39, 0.29) is 0 Å². The smallest absolute Gasteiger partial charge is 0.259 e. The highest BCUT2D eigenvalue weighted by molar-refractivity contribution is 8.13. The molecule has 0 aliphatic carbocycles. The van der Waals surface area contributed by atoms with Crippen LogP contribution in [0.25, 0.3) is 10.9 Å². The van der Waals surface area contributed by atoms with Crippen molar-refractivity contribution in [3.8, 4) is 5.88 Å². The minimum Gasteiger partial charge on any atom is -0.335 e. The zero-order chi connectivity index (χ0) is 13.7. The van der Waals surface area contributed by atoms with E-state index in [4.69, 9.17) is 4.84 Å². The first-order valence-electron chi connectivity index (χ1n) is 6.29. The Morgan fingerprint density at radius 2 is 2.11 bits per heavy atom. The van der Waals surface area contributed by atoms with E-state index >= 15 is 0 Å². The highest BCUT2D eigenvalue weighted by atomic mass is 32.2. The molecule has 0 fully saturated rings. The molecule has 5 heteroatoms. The summed E-state index contributed by atoms with van der Waals surface area (Å²) < 4.78 is 0. The molecule has 1 heterocycles. The number of rotatable bonds is 4. The standard InChI is InChI=1S/C14H17N3OS/c1-4-19-14(10(2)3)17-18-13-11-7-5-6-8-12(11)15-9-16-13/h5-10H,4H2,1-3H3. The number of nitrogens with zero attached hydrogens (tertiary/aromatic N) is 3. The lowest BCUT2D eigenvalue weighted by Gasteiger charge is -2.08. The molecule has 100 valence electrons. The topological polar surface area (TPSA) is 47.4 Å². The number of aromatic nitrogens is 2. The van der Waals surface area contributed by atoms with E-state index in [2.05, 4.69) is 35.9 Å². The van der Waals surface area contributed by atoms with Crippen LogP contribution < -0.4 is 4.84 Å². The maximum absolute atomic E-state index is 5.51. The molecular formula is C14H17N3OS. The lowest BCUT2D eigenvalue weighted by atomic mass is 10.2. The third-order valence-corrected chi connectivity index (χ3v) is 3.64. The van der Waals surface area contributed by atoms with Gasteiger partial charge in [-0.15, -0.1) is 11.8 Å². The van der Waals surface area contributed by atoms with Gasteiger partial charge < -0.3 is 4.84 Å². The minimum atomic E-state index is 0.345. The van der Waals surface area contributed by atoms with E-state index in [1.807, 2.05) is 24.3 Å². The van der Waals surface area contributed by atoms with Crippen molar-refractivity contribution in [1.82, 2.24) is 9.97 Å². The van der Waals surface area contributed by atoms with Crippen LogP contribution in [-0.4, -0.2) is 20.8 Å². The second-order valence-electron chi connectivity index (χ2n) is 4.30. The maximum atomic E-state index is 5.51. The van der Waals surface area contributed by atoms with Crippen LogP contribution in [0.2, 0.25) is 0 Å². The van der Waals surface area contributed by atoms with Gasteiger partial charge in [0.05, 0.1) is 10.9 Å². The van der Waals surface area contributed by atoms with Crippen molar-refractivity contribution >= 4 is 27.7 Å². The molecule has 0 amide bonds. The molecule has 0 aliphatic heterocycles. The van der Waals surface area contributed by atoms with E-state index in [0.717, 1.165) is 21.7 Å². The van der Waals surface area contributed by atoms with E-state index in [0.29, 0.717) is 11.8 Å². The summed E-state index contributed by atoms with van der Waals surface area (Å²) in [5.41, 5.74) is 0.858. The molecule has 1 aromatic heterocycles. The number of para-hydroxylation sites is 1. The Balaban J connectivity index is 2.28. The van der Waals surface area contributed by atoms with Gasteiger partial charge in [-0.1, -0.05) is 38.1 Å². The minimum absolute atomic E-state index is 0.345. The van der Waals surface area contributed by atoms with E-state index in [1.54, 1.807) is 11.8 Å². The SMILES string of the molecule is CCSC(=NOc1ncnc2ccccc12)C(C)C. The largest absolute Gasteiger partial charge is 0.335 e. The lowest BCUT2D eigenvalue weighted by Crippen LogP contribution is -2.05. The quantitative estimate of drug-likeness (QED) is 0.484. The Hall–Kier alpha value is -1.62. The van der Waals surface area contributed by atoms with Crippen molar-refractivity contribution in [2.75, 3.05) is 5.75 Å². The zero-order valence-corrected chi connectivity index (χ0v) is 12.1. The monoisotopic (exact) mass is 275 g/mol. The van der Waals surface area contributed by atoms with Gasteiger partial charge in [0, 0.05) is 5.92 Å². The van der Waals surface area contributed by atoms with Gasteiger partial charge in [-0.2, -0.15) is 4.98 Å². The van der Waals surface area contributed by atoms with E-state index in [9.17, 15) is 0 Å². The normalized spacial score (nSPS) is 12.1. The Labute approximate surface area is 117 Å². The number of benzene rings is 1. The molecule has 0 aliphatic rings. The third kappa shape index (κ3) is 3.44. The number of hydrogen-bond acceptors (Lipinski definition) is 5. The van der Waals surface area contributed by atoms with Crippen molar-refractivity contribution < 1.29 is 4.84 Å². The number of thioether (sulfide) groups is 1. The summed E-state index contributed by atoms with van der Waals surface area (Å²) in [7, 11) is 0. The van der Waals surface area contributed by atoms with Crippen LogP contribution in [0.4, 0.5) is 0 Å². The molecule has 0 unspecified atom stereocenters. The molecular weight excluding hydrogens is 258 g/mol. The molecule has 0 atom stereocenters. The second kappa shape index (κ2) is 6.52. The first-order valence-corrected chi connectivity index (χ1v) is 7.28. The van der Waals surface area contributed by atoms with Gasteiger partial charge in [0.25, 0.3) is 5.88 Å². The maximum Gasteiger partial charge on any atom is 0.259 e. The fraction of sp³-hybridized carbons (Fsp3) is 0.357. The highest BCUT2D eigenvalue weighted by Gasteiger charge is 2.08. The zero-order valence-electron chi connectivity index (χ0n) is 11.3. The summed E-state index contributed by atoms with van der Waals surface area (Å²) in [6.07, 6.45) is 1.50. The van der Waals surface area contributed by atoms with E-state index in [1.165, 1.54) is 6.33 Å². The fourth-order valence-electron chi connectivity index (χ4n) is 1.59. The fourth-order valence-corrected chi connectivity index (χ4v) is 2.31. The van der Waals surface area contributed by atoms with E-state index < -0.39 is 0 Å². The van der Waals surface area contributed by atoms with Gasteiger partial charge in [-0.05, 0) is 17.9 Å². The molecule has 0 saturated carbocycles. The number of hydrogen-bond donors (Lipinski definition) is 0. The van der Waals surface area contributed by atoms with Gasteiger partial charge >= 0.3 is 0 Å². The van der Waals surface area contributed by atoms with Crippen LogP contribution in [0.3, 0.4) is 0 Å². The van der Waals surface area contributed by atoms with Crippen LogP contribution in [0.15, 0.2) is 35.7 Å². The highest BCUT2D eigenvalue weighted by Crippen LogP contribution is 2.21. The molecule has 0 radical (unpaired) electrons. The first-order chi connectivity index (χ1) is 9.22. The Kier molecular flexibility index (Phi) is 4.74. The van der Waals surface area contributed by atoms with Gasteiger partial charge in [0.1, 0.15) is 11.4 Å². The summed E-state index contributed by atoms with van der Waals surface area (Å²) in [4.78, 5) is 13.9. The van der Waals surface area contributed by atoms with Gasteiger partial charge in [-0.3, -0.25) is 0 Å². The predicted molar refractivity (Wildman–Crippen MR) is 80.6 cm³/mol. The molecule has 0 N–H and O–H groups in total. The lowest BCUT2D eigenvalue weighted by molar-refractivity contribution is 0.330. The van der Waals surface area contributed by atoms with Crippen molar-refractivity contribution in [2.24, 2.45) is 11.1 Å². The first kappa shape index (κ1) is 13.8. The summed E-state index contributed by atoms with van der Waals surface area (Å²) in [6, 6.07) is 7.74. The van der Waals surface area contributed by atoms with Crippen LogP contribution in [-0.2, 0) is 0 Å². The average molecular weight is 275 g/mol. The molecule has 0 saturated heterocycles. The molecule has 1 aromatic carbocycles. The second-order valence-corrected chi connectivity index (χ2v) is 5.59. The van der Waals surface area contributed by atoms with Gasteiger partial charge in [0.15, 0.2) is 0 Å². The summed E-state index contributed by atoms with van der Waals surface area (Å²) in [6.45, 7) is 6.30. The summed E-state index contributed by atoms with van der Waals surface area (Å²) >= 11 is 1.69. The van der Waals surface area contributed by atoms with Gasteiger partial charge in [0.2, 0.25) is 0 Å². The number of oxime groups is 1. The molecule has 0 bridgehead atoms. The predicted octanol–water partition coefficient (Wildman–Crippen LogP) is 3.73. The van der Waals surface area contributed by atoms with Crippen LogP contribution in [0.1, 0.15) is 20.8 Å². The van der Waals surface area contributed by atoms with Crippen LogP contribution in [0.5, 0.6) is 5.88 Å². The molecule has 2 aromatic rings. The Morgan fingerprint density at radius 1 is 1.32 bits per heavy atom.